The predicted octanol–water partition coefficient (Wildman–Crippen LogP) is 4.36. The van der Waals surface area contributed by atoms with E-state index >= 15 is 0 Å². The van der Waals surface area contributed by atoms with Crippen molar-refractivity contribution in [3.05, 3.63) is 35.4 Å². The third-order valence-corrected chi connectivity index (χ3v) is 2.16. The van der Waals surface area contributed by atoms with E-state index in [0.29, 0.717) is 6.07 Å². The monoisotopic (exact) mass is 260 g/mol. The summed E-state index contributed by atoms with van der Waals surface area (Å²) in [7, 11) is 0. The third kappa shape index (κ3) is 3.10. The lowest BCUT2D eigenvalue weighted by atomic mass is 9.93. The molecule has 0 radical (unpaired) electrons. The Bertz CT molecular complexity index is 363. The predicted molar refractivity (Wildman–Crippen MR) is 46.1 cm³/mol. The fourth-order valence-corrected chi connectivity index (χ4v) is 1.48. The maximum absolute atomic E-state index is 12.4. The maximum Gasteiger partial charge on any atom is 0.404 e. The molecule has 1 rings (SSSR count). The highest BCUT2D eigenvalue weighted by atomic mass is 19.4. The van der Waals surface area contributed by atoms with E-state index in [1.165, 1.54) is 6.07 Å². The lowest BCUT2D eigenvalue weighted by molar-refractivity contribution is -0.253. The number of rotatable bonds is 2. The molecule has 0 aliphatic rings. The number of hydrogen-bond donors (Lipinski definition) is 0. The highest BCUT2D eigenvalue weighted by molar-refractivity contribution is 5.32. The molecule has 0 saturated carbocycles. The van der Waals surface area contributed by atoms with Gasteiger partial charge in [-0.05, 0) is 11.1 Å². The minimum Gasteiger partial charge on any atom is -0.246 e. The number of halogens is 7. The van der Waals surface area contributed by atoms with Crippen molar-refractivity contribution in [3.63, 3.8) is 0 Å². The normalized spacial score (nSPS) is 13.2. The van der Waals surface area contributed by atoms with Crippen molar-refractivity contribution in [2.45, 2.75) is 24.9 Å². The van der Waals surface area contributed by atoms with Crippen LogP contribution in [0.15, 0.2) is 24.3 Å². The van der Waals surface area contributed by atoms with Crippen molar-refractivity contribution in [1.29, 1.82) is 0 Å². The summed E-state index contributed by atoms with van der Waals surface area (Å²) in [5, 5.41) is 0. The first-order valence-electron chi connectivity index (χ1n) is 4.45. The van der Waals surface area contributed by atoms with Crippen LogP contribution in [0.1, 0.15) is 17.0 Å². The molecule has 0 nitrogen and oxygen atoms in total. The topological polar surface area (TPSA) is 0 Å². The van der Waals surface area contributed by atoms with Crippen LogP contribution in [-0.2, 0) is 6.67 Å². The summed E-state index contributed by atoms with van der Waals surface area (Å²) in [6, 6.07) is 3.74. The summed E-state index contributed by atoms with van der Waals surface area (Å²) in [5.74, 6) is -3.65. The van der Waals surface area contributed by atoms with Crippen LogP contribution in [0.3, 0.4) is 0 Å². The molecular weight excluding hydrogens is 253 g/mol. The van der Waals surface area contributed by atoms with Gasteiger partial charge in [0.25, 0.3) is 0 Å². The fourth-order valence-electron chi connectivity index (χ4n) is 1.48. The number of alkyl halides is 7. The van der Waals surface area contributed by atoms with Gasteiger partial charge in [0, 0.05) is 0 Å². The molecule has 17 heavy (non-hydrogen) atoms. The minimum atomic E-state index is -5.50. The highest BCUT2D eigenvalue weighted by Crippen LogP contribution is 2.47. The van der Waals surface area contributed by atoms with Gasteiger partial charge in [-0.15, -0.1) is 0 Å². The summed E-state index contributed by atoms with van der Waals surface area (Å²) >= 11 is 0. The summed E-state index contributed by atoms with van der Waals surface area (Å²) < 4.78 is 86.6. The molecule has 0 N–H and O–H groups in total. The second-order valence-corrected chi connectivity index (χ2v) is 3.35. The van der Waals surface area contributed by atoms with E-state index in [1.54, 1.807) is 0 Å². The fraction of sp³-hybridized carbons (Fsp3) is 0.400. The van der Waals surface area contributed by atoms with Gasteiger partial charge in [0.2, 0.25) is 0 Å². The first kappa shape index (κ1) is 13.8. The van der Waals surface area contributed by atoms with Crippen LogP contribution in [0.5, 0.6) is 0 Å². The van der Waals surface area contributed by atoms with Crippen LogP contribution in [0.25, 0.3) is 0 Å². The van der Waals surface area contributed by atoms with Gasteiger partial charge >= 0.3 is 12.4 Å². The van der Waals surface area contributed by atoms with E-state index in [1.807, 2.05) is 0 Å². The largest absolute Gasteiger partial charge is 0.404 e. The minimum absolute atomic E-state index is 0.604. The molecule has 7 heteroatoms. The van der Waals surface area contributed by atoms with Gasteiger partial charge in [-0.1, -0.05) is 24.3 Å². The smallest absolute Gasteiger partial charge is 0.246 e. The standard InChI is InChI=1S/C10H7F7/c11-5-6-3-1-2-4-7(6)8(9(12,13)14)10(15,16)17/h1-4,8H,5H2. The molecule has 0 heterocycles. The molecule has 0 spiro atoms. The van der Waals surface area contributed by atoms with E-state index < -0.39 is 36.1 Å². The molecule has 0 bridgehead atoms. The molecule has 1 aromatic carbocycles. The second kappa shape index (κ2) is 4.54. The molecule has 0 amide bonds. The molecule has 0 aliphatic heterocycles. The van der Waals surface area contributed by atoms with Gasteiger partial charge in [-0.25, -0.2) is 4.39 Å². The van der Waals surface area contributed by atoms with Crippen molar-refractivity contribution < 1.29 is 30.7 Å². The molecule has 0 unspecified atom stereocenters. The highest BCUT2D eigenvalue weighted by Gasteiger charge is 2.57. The van der Waals surface area contributed by atoms with Gasteiger partial charge < -0.3 is 0 Å². The van der Waals surface area contributed by atoms with E-state index in [9.17, 15) is 30.7 Å². The Kier molecular flexibility index (Phi) is 3.68. The lowest BCUT2D eigenvalue weighted by Gasteiger charge is -2.24. The quantitative estimate of drug-likeness (QED) is 0.693. The molecular formula is C10H7F7. The van der Waals surface area contributed by atoms with Crippen LogP contribution in [-0.4, -0.2) is 12.4 Å². The zero-order chi connectivity index (χ0) is 13.3. The average Bonchev–Trinajstić information content (AvgIpc) is 2.14. The summed E-state index contributed by atoms with van der Waals surface area (Å²) in [6.07, 6.45) is -11.0. The van der Waals surface area contributed by atoms with Gasteiger partial charge in [0.15, 0.2) is 5.92 Å². The Morgan fingerprint density at radius 1 is 0.882 bits per heavy atom. The zero-order valence-corrected chi connectivity index (χ0v) is 8.24. The Morgan fingerprint density at radius 3 is 1.76 bits per heavy atom. The first-order chi connectivity index (χ1) is 7.68. The molecule has 0 saturated heterocycles. The Labute approximate surface area is 92.0 Å². The van der Waals surface area contributed by atoms with E-state index in [4.69, 9.17) is 0 Å². The Morgan fingerprint density at radius 2 is 1.35 bits per heavy atom. The van der Waals surface area contributed by atoms with Crippen LogP contribution in [0.2, 0.25) is 0 Å². The van der Waals surface area contributed by atoms with Crippen molar-refractivity contribution in [2.75, 3.05) is 0 Å². The molecule has 0 aliphatic carbocycles. The van der Waals surface area contributed by atoms with Crippen molar-refractivity contribution in [2.24, 2.45) is 0 Å². The van der Waals surface area contributed by atoms with Crippen LogP contribution < -0.4 is 0 Å². The van der Waals surface area contributed by atoms with E-state index in [0.717, 1.165) is 12.1 Å². The maximum atomic E-state index is 12.4. The van der Waals surface area contributed by atoms with Gasteiger partial charge in [0.05, 0.1) is 0 Å². The Hall–Kier alpha value is -1.27. The van der Waals surface area contributed by atoms with Gasteiger partial charge in [0.1, 0.15) is 6.67 Å². The second-order valence-electron chi connectivity index (χ2n) is 3.35. The molecule has 0 aromatic heterocycles. The lowest BCUT2D eigenvalue weighted by Crippen LogP contribution is -2.34. The van der Waals surface area contributed by atoms with E-state index in [2.05, 4.69) is 0 Å². The molecule has 0 atom stereocenters. The summed E-state index contributed by atoms with van der Waals surface area (Å²) in [5.41, 5.74) is -1.69. The molecule has 96 valence electrons. The van der Waals surface area contributed by atoms with Crippen LogP contribution in [0.4, 0.5) is 30.7 Å². The van der Waals surface area contributed by atoms with Crippen molar-refractivity contribution >= 4 is 0 Å². The summed E-state index contributed by atoms with van der Waals surface area (Å²) in [6.45, 7) is -1.38. The molecule has 1 aromatic rings. The Balaban J connectivity index is 3.33. The van der Waals surface area contributed by atoms with Crippen LogP contribution >= 0.6 is 0 Å². The summed E-state index contributed by atoms with van der Waals surface area (Å²) in [4.78, 5) is 0. The molecule has 0 fully saturated rings. The van der Waals surface area contributed by atoms with Gasteiger partial charge in [-0.3, -0.25) is 0 Å². The average molecular weight is 260 g/mol. The number of benzene rings is 1. The van der Waals surface area contributed by atoms with E-state index in [-0.39, 0.29) is 0 Å². The SMILES string of the molecule is FCc1ccccc1C(C(F)(F)F)C(F)(F)F. The van der Waals surface area contributed by atoms with Crippen molar-refractivity contribution in [3.8, 4) is 0 Å². The van der Waals surface area contributed by atoms with Crippen LogP contribution in [0, 0.1) is 0 Å². The van der Waals surface area contributed by atoms with Gasteiger partial charge in [-0.2, -0.15) is 26.3 Å². The van der Waals surface area contributed by atoms with Crippen molar-refractivity contribution in [1.82, 2.24) is 0 Å². The number of hydrogen-bond acceptors (Lipinski definition) is 0. The zero-order valence-electron chi connectivity index (χ0n) is 8.24. The third-order valence-electron chi connectivity index (χ3n) is 2.16. The first-order valence-corrected chi connectivity index (χ1v) is 4.45.